The zero-order valence-corrected chi connectivity index (χ0v) is 12.2. The number of fused-ring (bicyclic) bond motifs is 1. The fraction of sp³-hybridized carbons (Fsp3) is 0.500. The lowest BCUT2D eigenvalue weighted by Gasteiger charge is -2.14. The highest BCUT2D eigenvalue weighted by atomic mass is 32.2. The van der Waals surface area contributed by atoms with Gasteiger partial charge >= 0.3 is 0 Å². The standard InChI is InChI=1S/C14H19N3O2S/c1-20-8-10-6-17(7-12(10)18)5-9-4-16-13-11(9)2-3-15-14(13)19/h2-4,10,12,16,18H,5-8H2,1H3,(H,15,19)/t10-,12+/m1/s1. The third-order valence-electron chi connectivity index (χ3n) is 3.95. The van der Waals surface area contributed by atoms with Crippen LogP contribution in [0, 0.1) is 5.92 Å². The molecule has 5 nitrogen and oxygen atoms in total. The number of rotatable bonds is 4. The lowest BCUT2D eigenvalue weighted by Crippen LogP contribution is -2.21. The third-order valence-corrected chi connectivity index (χ3v) is 4.72. The minimum absolute atomic E-state index is 0.0875. The van der Waals surface area contributed by atoms with Crippen molar-refractivity contribution in [3.8, 4) is 0 Å². The minimum Gasteiger partial charge on any atom is -0.391 e. The van der Waals surface area contributed by atoms with Gasteiger partial charge in [-0.05, 0) is 23.6 Å². The Morgan fingerprint density at radius 3 is 3.10 bits per heavy atom. The normalized spacial score (nSPS) is 23.7. The van der Waals surface area contributed by atoms with Crippen molar-refractivity contribution in [2.24, 2.45) is 5.92 Å². The fourth-order valence-corrected chi connectivity index (χ4v) is 3.70. The quantitative estimate of drug-likeness (QED) is 0.787. The van der Waals surface area contributed by atoms with E-state index >= 15 is 0 Å². The van der Waals surface area contributed by atoms with E-state index in [0.29, 0.717) is 18.0 Å². The number of hydrogen-bond donors (Lipinski definition) is 3. The van der Waals surface area contributed by atoms with Crippen LogP contribution in [0.2, 0.25) is 0 Å². The summed E-state index contributed by atoms with van der Waals surface area (Å²) in [5.74, 6) is 1.34. The highest BCUT2D eigenvalue weighted by Gasteiger charge is 2.30. The van der Waals surface area contributed by atoms with Gasteiger partial charge in [-0.2, -0.15) is 11.8 Å². The maximum absolute atomic E-state index is 11.7. The van der Waals surface area contributed by atoms with E-state index < -0.39 is 0 Å². The van der Waals surface area contributed by atoms with E-state index in [0.717, 1.165) is 29.8 Å². The van der Waals surface area contributed by atoms with E-state index in [-0.39, 0.29) is 11.7 Å². The Kier molecular flexibility index (Phi) is 3.87. The minimum atomic E-state index is -0.240. The van der Waals surface area contributed by atoms with Crippen molar-refractivity contribution in [3.63, 3.8) is 0 Å². The summed E-state index contributed by atoms with van der Waals surface area (Å²) in [7, 11) is 0. The molecule has 1 saturated heterocycles. The third kappa shape index (κ3) is 2.51. The maximum atomic E-state index is 11.7. The number of aliphatic hydroxyl groups is 1. The zero-order valence-electron chi connectivity index (χ0n) is 11.4. The molecular weight excluding hydrogens is 274 g/mol. The Hall–Kier alpha value is -1.24. The second-order valence-electron chi connectivity index (χ2n) is 5.39. The number of thioether (sulfide) groups is 1. The lowest BCUT2D eigenvalue weighted by atomic mass is 10.1. The number of pyridine rings is 1. The zero-order chi connectivity index (χ0) is 14.1. The van der Waals surface area contributed by atoms with Gasteiger partial charge in [0.1, 0.15) is 5.52 Å². The number of aromatic amines is 2. The van der Waals surface area contributed by atoms with E-state index in [1.807, 2.05) is 12.3 Å². The first-order valence-corrected chi connectivity index (χ1v) is 8.15. The van der Waals surface area contributed by atoms with Crippen molar-refractivity contribution in [2.75, 3.05) is 25.1 Å². The predicted molar refractivity (Wildman–Crippen MR) is 82.1 cm³/mol. The summed E-state index contributed by atoms with van der Waals surface area (Å²) in [5.41, 5.74) is 1.65. The van der Waals surface area contributed by atoms with Crippen molar-refractivity contribution >= 4 is 22.7 Å². The molecule has 0 amide bonds. The van der Waals surface area contributed by atoms with Crippen LogP contribution in [0.3, 0.4) is 0 Å². The first kappa shape index (κ1) is 13.7. The molecule has 0 bridgehead atoms. The number of nitrogens with zero attached hydrogens (tertiary/aromatic N) is 1. The van der Waals surface area contributed by atoms with Crippen LogP contribution in [0.4, 0.5) is 0 Å². The monoisotopic (exact) mass is 293 g/mol. The van der Waals surface area contributed by atoms with Gasteiger partial charge in [-0.1, -0.05) is 0 Å². The summed E-state index contributed by atoms with van der Waals surface area (Å²) in [5, 5.41) is 11.0. The summed E-state index contributed by atoms with van der Waals surface area (Å²) < 4.78 is 0. The van der Waals surface area contributed by atoms with Crippen LogP contribution in [-0.2, 0) is 6.54 Å². The van der Waals surface area contributed by atoms with Crippen molar-refractivity contribution in [2.45, 2.75) is 12.6 Å². The van der Waals surface area contributed by atoms with Gasteiger partial charge < -0.3 is 15.1 Å². The van der Waals surface area contributed by atoms with Gasteiger partial charge in [-0.15, -0.1) is 0 Å². The Morgan fingerprint density at radius 2 is 2.30 bits per heavy atom. The van der Waals surface area contributed by atoms with E-state index in [1.54, 1.807) is 18.0 Å². The molecule has 1 aliphatic heterocycles. The highest BCUT2D eigenvalue weighted by molar-refractivity contribution is 7.98. The van der Waals surface area contributed by atoms with Crippen molar-refractivity contribution in [1.29, 1.82) is 0 Å². The second kappa shape index (κ2) is 5.63. The molecule has 0 unspecified atom stereocenters. The molecule has 0 saturated carbocycles. The molecule has 6 heteroatoms. The second-order valence-corrected chi connectivity index (χ2v) is 6.30. The van der Waals surface area contributed by atoms with Crippen LogP contribution in [0.15, 0.2) is 23.3 Å². The Morgan fingerprint density at radius 1 is 1.45 bits per heavy atom. The molecule has 3 N–H and O–H groups in total. The molecule has 0 spiro atoms. The number of nitrogens with one attached hydrogen (secondary N) is 2. The van der Waals surface area contributed by atoms with Gasteiger partial charge in [0.2, 0.25) is 0 Å². The molecule has 0 aromatic carbocycles. The van der Waals surface area contributed by atoms with Gasteiger partial charge in [0.25, 0.3) is 5.56 Å². The maximum Gasteiger partial charge on any atom is 0.272 e. The van der Waals surface area contributed by atoms with Crippen LogP contribution < -0.4 is 5.56 Å². The Bertz CT molecular complexity index is 651. The number of aliphatic hydroxyl groups excluding tert-OH is 1. The molecule has 3 heterocycles. The summed E-state index contributed by atoms with van der Waals surface area (Å²) in [6.45, 7) is 2.39. The van der Waals surface area contributed by atoms with Crippen molar-refractivity contribution in [3.05, 3.63) is 34.4 Å². The summed E-state index contributed by atoms with van der Waals surface area (Å²) in [6.07, 6.45) is 5.41. The summed E-state index contributed by atoms with van der Waals surface area (Å²) >= 11 is 1.78. The van der Waals surface area contributed by atoms with Crippen LogP contribution in [0.5, 0.6) is 0 Å². The molecule has 0 aliphatic carbocycles. The molecule has 3 rings (SSSR count). The molecule has 108 valence electrons. The molecule has 2 aromatic rings. The van der Waals surface area contributed by atoms with Crippen molar-refractivity contribution < 1.29 is 5.11 Å². The first-order chi connectivity index (χ1) is 9.69. The van der Waals surface area contributed by atoms with Crippen LogP contribution >= 0.6 is 11.8 Å². The van der Waals surface area contributed by atoms with E-state index in [9.17, 15) is 9.90 Å². The van der Waals surface area contributed by atoms with E-state index in [2.05, 4.69) is 21.1 Å². The topological polar surface area (TPSA) is 72.1 Å². The van der Waals surface area contributed by atoms with Gasteiger partial charge in [-0.25, -0.2) is 0 Å². The Balaban J connectivity index is 1.78. The molecular formula is C14H19N3O2S. The van der Waals surface area contributed by atoms with Crippen molar-refractivity contribution in [1.82, 2.24) is 14.9 Å². The summed E-state index contributed by atoms with van der Waals surface area (Å²) in [6, 6.07) is 1.93. The predicted octanol–water partition coefficient (Wildman–Crippen LogP) is 1.01. The molecule has 1 aliphatic rings. The first-order valence-electron chi connectivity index (χ1n) is 6.76. The summed E-state index contributed by atoms with van der Waals surface area (Å²) in [4.78, 5) is 19.6. The lowest BCUT2D eigenvalue weighted by molar-refractivity contribution is 0.149. The molecule has 20 heavy (non-hydrogen) atoms. The van der Waals surface area contributed by atoms with Gasteiger partial charge in [0.05, 0.1) is 6.10 Å². The average Bonchev–Trinajstić information content (AvgIpc) is 2.97. The van der Waals surface area contributed by atoms with Crippen LogP contribution in [0.1, 0.15) is 5.56 Å². The molecule has 2 atom stereocenters. The highest BCUT2D eigenvalue weighted by Crippen LogP contribution is 2.24. The largest absolute Gasteiger partial charge is 0.391 e. The number of likely N-dealkylation sites (tertiary alicyclic amines) is 1. The van der Waals surface area contributed by atoms with Gasteiger partial charge in [0, 0.05) is 43.3 Å². The van der Waals surface area contributed by atoms with Crippen LogP contribution in [0.25, 0.3) is 10.9 Å². The van der Waals surface area contributed by atoms with Gasteiger partial charge in [-0.3, -0.25) is 9.69 Å². The van der Waals surface area contributed by atoms with Gasteiger partial charge in [0.15, 0.2) is 0 Å². The number of H-pyrrole nitrogens is 2. The molecule has 1 fully saturated rings. The number of aromatic nitrogens is 2. The number of hydrogen-bond acceptors (Lipinski definition) is 4. The van der Waals surface area contributed by atoms with Crippen LogP contribution in [-0.4, -0.2) is 51.2 Å². The SMILES string of the molecule is CSC[C@H]1CN(Cc2c[nH]c3c(=O)[nH]ccc23)C[C@@H]1O. The smallest absolute Gasteiger partial charge is 0.272 e. The fourth-order valence-electron chi connectivity index (χ4n) is 2.95. The number of β-amino-alcohol motifs (C(OH)–C–C–N with tert-alkyl or cyclic N) is 1. The van der Waals surface area contributed by atoms with E-state index in [1.165, 1.54) is 0 Å². The molecule has 2 aromatic heterocycles. The molecule has 0 radical (unpaired) electrons. The Labute approximate surface area is 121 Å². The average molecular weight is 293 g/mol. The van der Waals surface area contributed by atoms with E-state index in [4.69, 9.17) is 0 Å².